The van der Waals surface area contributed by atoms with Gasteiger partial charge in [-0.1, -0.05) is 33.1 Å². The van der Waals surface area contributed by atoms with Crippen molar-refractivity contribution in [3.63, 3.8) is 0 Å². The Morgan fingerprint density at radius 1 is 1.33 bits per heavy atom. The summed E-state index contributed by atoms with van der Waals surface area (Å²) in [6.07, 6.45) is 5.74. The molecular formula is C12H24N2O. The Morgan fingerprint density at radius 2 is 1.93 bits per heavy atom. The van der Waals surface area contributed by atoms with E-state index in [2.05, 4.69) is 18.8 Å². The van der Waals surface area contributed by atoms with Gasteiger partial charge in [-0.3, -0.25) is 4.99 Å². The van der Waals surface area contributed by atoms with E-state index in [1.807, 2.05) is 0 Å². The summed E-state index contributed by atoms with van der Waals surface area (Å²) in [7, 11) is 1.75. The molecule has 1 saturated carbocycles. The molecule has 0 heterocycles. The summed E-state index contributed by atoms with van der Waals surface area (Å²) in [5.41, 5.74) is 5.81. The molecule has 1 aliphatic carbocycles. The van der Waals surface area contributed by atoms with Crippen LogP contribution in [0.4, 0.5) is 0 Å². The molecule has 0 aromatic rings. The number of nitrogens with two attached hydrogens (primary N) is 1. The number of hydrogen-bond acceptors (Lipinski definition) is 2. The molecule has 0 aliphatic heterocycles. The number of ether oxygens (including phenoxy) is 1. The third-order valence-electron chi connectivity index (χ3n) is 3.15. The SMILES string of the molecule is COC1(C(N)=NCC(C)C)CCCCC1. The van der Waals surface area contributed by atoms with Crippen LogP contribution in [-0.4, -0.2) is 25.1 Å². The minimum absolute atomic E-state index is 0.257. The van der Waals surface area contributed by atoms with Crippen molar-refractivity contribution in [2.75, 3.05) is 13.7 Å². The average Bonchev–Trinajstić information content (AvgIpc) is 2.26. The minimum Gasteiger partial charge on any atom is -0.385 e. The summed E-state index contributed by atoms with van der Waals surface area (Å²) in [5.74, 6) is 1.26. The fourth-order valence-corrected chi connectivity index (χ4v) is 2.11. The topological polar surface area (TPSA) is 47.6 Å². The Labute approximate surface area is 93.1 Å². The predicted octanol–water partition coefficient (Wildman–Crippen LogP) is 2.35. The highest BCUT2D eigenvalue weighted by atomic mass is 16.5. The zero-order valence-electron chi connectivity index (χ0n) is 10.3. The number of hydrogen-bond donors (Lipinski definition) is 1. The summed E-state index contributed by atoms with van der Waals surface area (Å²) in [5, 5.41) is 0. The summed E-state index contributed by atoms with van der Waals surface area (Å²) in [6.45, 7) is 5.10. The van der Waals surface area contributed by atoms with E-state index in [0.29, 0.717) is 11.8 Å². The zero-order chi connectivity index (χ0) is 11.3. The molecule has 0 atom stereocenters. The Bertz CT molecular complexity index is 218. The zero-order valence-corrected chi connectivity index (χ0v) is 10.3. The van der Waals surface area contributed by atoms with Crippen LogP contribution in [0.15, 0.2) is 4.99 Å². The molecule has 15 heavy (non-hydrogen) atoms. The molecule has 0 amide bonds. The van der Waals surface area contributed by atoms with Crippen LogP contribution in [0.3, 0.4) is 0 Å². The molecule has 1 rings (SSSR count). The van der Waals surface area contributed by atoms with Gasteiger partial charge in [-0.2, -0.15) is 0 Å². The first kappa shape index (κ1) is 12.5. The predicted molar refractivity (Wildman–Crippen MR) is 64.2 cm³/mol. The van der Waals surface area contributed by atoms with Crippen molar-refractivity contribution in [2.24, 2.45) is 16.6 Å². The van der Waals surface area contributed by atoms with Crippen molar-refractivity contribution >= 4 is 5.84 Å². The normalized spacial score (nSPS) is 22.0. The van der Waals surface area contributed by atoms with Gasteiger partial charge in [-0.25, -0.2) is 0 Å². The van der Waals surface area contributed by atoms with Crippen LogP contribution < -0.4 is 5.73 Å². The maximum atomic E-state index is 6.07. The highest BCUT2D eigenvalue weighted by Gasteiger charge is 2.35. The maximum Gasteiger partial charge on any atom is 0.126 e. The van der Waals surface area contributed by atoms with Gasteiger partial charge in [0.2, 0.25) is 0 Å². The summed E-state index contributed by atoms with van der Waals surface area (Å²) >= 11 is 0. The first-order valence-corrected chi connectivity index (χ1v) is 5.96. The number of amidine groups is 1. The van der Waals surface area contributed by atoms with Crippen LogP contribution in [0.5, 0.6) is 0 Å². The Balaban J connectivity index is 2.67. The third kappa shape index (κ3) is 3.20. The van der Waals surface area contributed by atoms with Crippen LogP contribution in [0.2, 0.25) is 0 Å². The van der Waals surface area contributed by atoms with Crippen molar-refractivity contribution in [3.05, 3.63) is 0 Å². The van der Waals surface area contributed by atoms with Gasteiger partial charge in [0.1, 0.15) is 11.4 Å². The first-order valence-electron chi connectivity index (χ1n) is 5.96. The van der Waals surface area contributed by atoms with Gasteiger partial charge in [0.25, 0.3) is 0 Å². The second kappa shape index (κ2) is 5.50. The van der Waals surface area contributed by atoms with Gasteiger partial charge >= 0.3 is 0 Å². The van der Waals surface area contributed by atoms with Crippen LogP contribution in [-0.2, 0) is 4.74 Å². The van der Waals surface area contributed by atoms with E-state index in [0.717, 1.165) is 19.4 Å². The Hall–Kier alpha value is -0.570. The van der Waals surface area contributed by atoms with Crippen LogP contribution in [0.1, 0.15) is 46.0 Å². The van der Waals surface area contributed by atoms with E-state index in [1.165, 1.54) is 19.3 Å². The van der Waals surface area contributed by atoms with Crippen molar-refractivity contribution in [1.29, 1.82) is 0 Å². The van der Waals surface area contributed by atoms with Crippen molar-refractivity contribution in [3.8, 4) is 0 Å². The second-order valence-electron chi connectivity index (χ2n) is 4.88. The Morgan fingerprint density at radius 3 is 2.40 bits per heavy atom. The molecule has 1 fully saturated rings. The lowest BCUT2D eigenvalue weighted by Crippen LogP contribution is -2.47. The van der Waals surface area contributed by atoms with Crippen LogP contribution >= 0.6 is 0 Å². The molecule has 88 valence electrons. The monoisotopic (exact) mass is 212 g/mol. The number of aliphatic imine (C=N–C) groups is 1. The summed E-state index contributed by atoms with van der Waals surface area (Å²) in [4.78, 5) is 4.46. The standard InChI is InChI=1S/C12H24N2O/c1-10(2)9-14-11(13)12(15-3)7-5-4-6-8-12/h10H,4-9H2,1-3H3,(H2,13,14). The highest BCUT2D eigenvalue weighted by Crippen LogP contribution is 2.31. The number of methoxy groups -OCH3 is 1. The van der Waals surface area contributed by atoms with E-state index in [1.54, 1.807) is 7.11 Å². The summed E-state index contributed by atoms with van der Waals surface area (Å²) in [6, 6.07) is 0. The van der Waals surface area contributed by atoms with Crippen LogP contribution in [0.25, 0.3) is 0 Å². The van der Waals surface area contributed by atoms with Gasteiger partial charge in [0.05, 0.1) is 0 Å². The minimum atomic E-state index is -0.257. The van der Waals surface area contributed by atoms with Gasteiger partial charge < -0.3 is 10.5 Å². The molecule has 3 heteroatoms. The molecule has 0 bridgehead atoms. The molecule has 0 aromatic carbocycles. The molecule has 0 spiro atoms. The second-order valence-corrected chi connectivity index (χ2v) is 4.88. The molecule has 3 nitrogen and oxygen atoms in total. The lowest BCUT2D eigenvalue weighted by molar-refractivity contribution is 0.0180. The van der Waals surface area contributed by atoms with Gasteiger partial charge in [-0.05, 0) is 18.8 Å². The quantitative estimate of drug-likeness (QED) is 0.574. The van der Waals surface area contributed by atoms with E-state index in [9.17, 15) is 0 Å². The third-order valence-corrected chi connectivity index (χ3v) is 3.15. The highest BCUT2D eigenvalue weighted by molar-refractivity contribution is 5.89. The molecule has 2 N–H and O–H groups in total. The van der Waals surface area contributed by atoms with Gasteiger partial charge in [0, 0.05) is 13.7 Å². The fraction of sp³-hybridized carbons (Fsp3) is 0.917. The molecule has 0 aromatic heterocycles. The smallest absolute Gasteiger partial charge is 0.126 e. The molecule has 0 saturated heterocycles. The van der Waals surface area contributed by atoms with E-state index < -0.39 is 0 Å². The summed E-state index contributed by atoms with van der Waals surface area (Å²) < 4.78 is 5.62. The van der Waals surface area contributed by atoms with Crippen molar-refractivity contribution in [2.45, 2.75) is 51.6 Å². The van der Waals surface area contributed by atoms with Crippen molar-refractivity contribution < 1.29 is 4.74 Å². The lowest BCUT2D eigenvalue weighted by Gasteiger charge is -2.35. The molecular weight excluding hydrogens is 188 g/mol. The largest absolute Gasteiger partial charge is 0.385 e. The number of rotatable bonds is 4. The van der Waals surface area contributed by atoms with Crippen molar-refractivity contribution in [1.82, 2.24) is 0 Å². The van der Waals surface area contributed by atoms with E-state index >= 15 is 0 Å². The molecule has 0 unspecified atom stereocenters. The maximum absolute atomic E-state index is 6.07. The van der Waals surface area contributed by atoms with Crippen LogP contribution in [0, 0.1) is 5.92 Å². The van der Waals surface area contributed by atoms with E-state index in [4.69, 9.17) is 10.5 Å². The average molecular weight is 212 g/mol. The fourth-order valence-electron chi connectivity index (χ4n) is 2.11. The Kier molecular flexibility index (Phi) is 4.58. The van der Waals surface area contributed by atoms with E-state index in [-0.39, 0.29) is 5.60 Å². The van der Waals surface area contributed by atoms with Gasteiger partial charge in [0.15, 0.2) is 0 Å². The molecule has 0 radical (unpaired) electrons. The lowest BCUT2D eigenvalue weighted by atomic mass is 9.83. The molecule has 1 aliphatic rings. The van der Waals surface area contributed by atoms with Gasteiger partial charge in [-0.15, -0.1) is 0 Å². The number of nitrogens with zero attached hydrogens (tertiary/aromatic N) is 1. The first-order chi connectivity index (χ1) is 7.10.